The summed E-state index contributed by atoms with van der Waals surface area (Å²) in [5, 5.41) is 5.15. The summed E-state index contributed by atoms with van der Waals surface area (Å²) in [6.07, 6.45) is 2.48. The van der Waals surface area contributed by atoms with E-state index >= 15 is 0 Å². The SMILES string of the molecule is CC(C)c1ccc(OCC(=O)NCC(c2cccs2)N2CCCC2)cc1.Cl. The van der Waals surface area contributed by atoms with Crippen molar-refractivity contribution < 1.29 is 9.53 Å². The molecule has 3 rings (SSSR count). The van der Waals surface area contributed by atoms with Gasteiger partial charge in [0.25, 0.3) is 5.91 Å². The summed E-state index contributed by atoms with van der Waals surface area (Å²) in [6.45, 7) is 7.23. The molecular formula is C21H29ClN2O2S. The lowest BCUT2D eigenvalue weighted by molar-refractivity contribution is -0.123. The average molecular weight is 409 g/mol. The van der Waals surface area contributed by atoms with Crippen LogP contribution >= 0.6 is 23.7 Å². The maximum absolute atomic E-state index is 12.2. The minimum Gasteiger partial charge on any atom is -0.484 e. The highest BCUT2D eigenvalue weighted by Gasteiger charge is 2.24. The topological polar surface area (TPSA) is 41.6 Å². The fourth-order valence-corrected chi connectivity index (χ4v) is 4.16. The van der Waals surface area contributed by atoms with Crippen molar-refractivity contribution in [1.29, 1.82) is 0 Å². The molecule has 1 atom stereocenters. The molecule has 0 radical (unpaired) electrons. The van der Waals surface area contributed by atoms with Crippen molar-refractivity contribution in [2.75, 3.05) is 26.2 Å². The van der Waals surface area contributed by atoms with Crippen LogP contribution in [0.15, 0.2) is 41.8 Å². The second-order valence-electron chi connectivity index (χ2n) is 7.09. The molecule has 6 heteroatoms. The van der Waals surface area contributed by atoms with Crippen molar-refractivity contribution in [2.45, 2.75) is 38.6 Å². The summed E-state index contributed by atoms with van der Waals surface area (Å²) in [5.74, 6) is 1.16. The quantitative estimate of drug-likeness (QED) is 0.692. The summed E-state index contributed by atoms with van der Waals surface area (Å²) < 4.78 is 5.63. The van der Waals surface area contributed by atoms with Crippen LogP contribution < -0.4 is 10.1 Å². The van der Waals surface area contributed by atoms with Crippen molar-refractivity contribution >= 4 is 29.7 Å². The molecule has 1 fully saturated rings. The van der Waals surface area contributed by atoms with Crippen LogP contribution in [-0.2, 0) is 4.79 Å². The third-order valence-corrected chi connectivity index (χ3v) is 5.84. The molecule has 1 aliphatic rings. The maximum Gasteiger partial charge on any atom is 0.258 e. The number of halogens is 1. The second kappa shape index (κ2) is 10.7. The first kappa shape index (κ1) is 21.7. The Hall–Kier alpha value is -1.56. The number of ether oxygens (including phenoxy) is 1. The summed E-state index contributed by atoms with van der Waals surface area (Å²) in [6, 6.07) is 12.5. The van der Waals surface area contributed by atoms with E-state index in [4.69, 9.17) is 4.74 Å². The summed E-state index contributed by atoms with van der Waals surface area (Å²) in [4.78, 5) is 16.0. The van der Waals surface area contributed by atoms with Crippen LogP contribution in [0.3, 0.4) is 0 Å². The molecule has 1 aromatic carbocycles. The normalized spacial score (nSPS) is 15.4. The summed E-state index contributed by atoms with van der Waals surface area (Å²) in [5.41, 5.74) is 1.27. The van der Waals surface area contributed by atoms with Crippen molar-refractivity contribution in [2.24, 2.45) is 0 Å². The molecule has 27 heavy (non-hydrogen) atoms. The molecule has 0 aliphatic carbocycles. The van der Waals surface area contributed by atoms with Gasteiger partial charge in [-0.25, -0.2) is 0 Å². The number of likely N-dealkylation sites (tertiary alicyclic amines) is 1. The van der Waals surface area contributed by atoms with Crippen molar-refractivity contribution in [3.63, 3.8) is 0 Å². The molecule has 148 valence electrons. The molecule has 1 unspecified atom stereocenters. The van der Waals surface area contributed by atoms with Crippen molar-refractivity contribution in [3.05, 3.63) is 52.2 Å². The molecule has 2 aromatic rings. The summed E-state index contributed by atoms with van der Waals surface area (Å²) in [7, 11) is 0. The number of carbonyl (C=O) groups excluding carboxylic acids is 1. The number of nitrogens with one attached hydrogen (secondary N) is 1. The van der Waals surface area contributed by atoms with Gasteiger partial charge >= 0.3 is 0 Å². The van der Waals surface area contributed by atoms with Crippen LogP contribution in [0.25, 0.3) is 0 Å². The number of benzene rings is 1. The van der Waals surface area contributed by atoms with E-state index in [9.17, 15) is 4.79 Å². The number of thiophene rings is 1. The molecule has 0 spiro atoms. The van der Waals surface area contributed by atoms with E-state index in [0.29, 0.717) is 12.5 Å². The Kier molecular flexibility index (Phi) is 8.61. The monoisotopic (exact) mass is 408 g/mol. The van der Waals surface area contributed by atoms with Gasteiger partial charge in [-0.15, -0.1) is 23.7 Å². The fraction of sp³-hybridized carbons (Fsp3) is 0.476. The molecular weight excluding hydrogens is 380 g/mol. The van der Waals surface area contributed by atoms with E-state index < -0.39 is 0 Å². The zero-order valence-electron chi connectivity index (χ0n) is 16.0. The van der Waals surface area contributed by atoms with Crippen LogP contribution in [-0.4, -0.2) is 37.0 Å². The third-order valence-electron chi connectivity index (χ3n) is 4.86. The number of carbonyl (C=O) groups is 1. The van der Waals surface area contributed by atoms with Crippen molar-refractivity contribution in [1.82, 2.24) is 10.2 Å². The van der Waals surface area contributed by atoms with E-state index in [0.717, 1.165) is 18.8 Å². The Morgan fingerprint density at radius 3 is 2.48 bits per heavy atom. The highest BCUT2D eigenvalue weighted by molar-refractivity contribution is 7.10. The highest BCUT2D eigenvalue weighted by Crippen LogP contribution is 2.27. The Morgan fingerprint density at radius 2 is 1.89 bits per heavy atom. The molecule has 1 N–H and O–H groups in total. The predicted octanol–water partition coefficient (Wildman–Crippen LogP) is 4.63. The van der Waals surface area contributed by atoms with E-state index in [1.54, 1.807) is 11.3 Å². The van der Waals surface area contributed by atoms with Gasteiger partial charge in [-0.3, -0.25) is 9.69 Å². The van der Waals surface area contributed by atoms with Gasteiger partial charge in [0, 0.05) is 11.4 Å². The molecule has 1 amide bonds. The average Bonchev–Trinajstić information content (AvgIpc) is 3.35. The maximum atomic E-state index is 12.2. The van der Waals surface area contributed by atoms with Gasteiger partial charge in [0.1, 0.15) is 5.75 Å². The van der Waals surface area contributed by atoms with Crippen LogP contribution in [0.5, 0.6) is 5.75 Å². The minimum atomic E-state index is -0.0707. The Balaban J connectivity index is 0.00000261. The first-order valence-corrected chi connectivity index (χ1v) is 10.3. The number of rotatable bonds is 8. The van der Waals surface area contributed by atoms with E-state index in [1.807, 2.05) is 12.1 Å². The second-order valence-corrected chi connectivity index (χ2v) is 8.07. The lowest BCUT2D eigenvalue weighted by Crippen LogP contribution is -2.38. The molecule has 1 saturated heterocycles. The van der Waals surface area contributed by atoms with E-state index in [1.165, 1.54) is 23.3 Å². The molecule has 2 heterocycles. The highest BCUT2D eigenvalue weighted by atomic mass is 35.5. The van der Waals surface area contributed by atoms with E-state index in [2.05, 4.69) is 53.7 Å². The van der Waals surface area contributed by atoms with E-state index in [-0.39, 0.29) is 31.0 Å². The molecule has 0 bridgehead atoms. The molecule has 1 aromatic heterocycles. The largest absolute Gasteiger partial charge is 0.484 e. The van der Waals surface area contributed by atoms with Gasteiger partial charge in [0.05, 0.1) is 6.04 Å². The molecule has 4 nitrogen and oxygen atoms in total. The predicted molar refractivity (Wildman–Crippen MR) is 114 cm³/mol. The minimum absolute atomic E-state index is 0. The number of amides is 1. The smallest absolute Gasteiger partial charge is 0.258 e. The van der Waals surface area contributed by atoms with Gasteiger partial charge < -0.3 is 10.1 Å². The van der Waals surface area contributed by atoms with Gasteiger partial charge in [-0.1, -0.05) is 32.0 Å². The number of hydrogen-bond acceptors (Lipinski definition) is 4. The number of nitrogens with zero attached hydrogens (tertiary/aromatic N) is 1. The zero-order valence-corrected chi connectivity index (χ0v) is 17.7. The zero-order chi connectivity index (χ0) is 18.4. The van der Waals surface area contributed by atoms with Crippen LogP contribution in [0.1, 0.15) is 49.1 Å². The van der Waals surface area contributed by atoms with Crippen molar-refractivity contribution in [3.8, 4) is 5.75 Å². The first-order valence-electron chi connectivity index (χ1n) is 9.40. The van der Waals surface area contributed by atoms with Crippen LogP contribution in [0, 0.1) is 0 Å². The lowest BCUT2D eigenvalue weighted by Gasteiger charge is -2.26. The van der Waals surface area contributed by atoms with Gasteiger partial charge in [0.2, 0.25) is 0 Å². The van der Waals surface area contributed by atoms with Gasteiger partial charge in [0.15, 0.2) is 6.61 Å². The standard InChI is InChI=1S/C21H28N2O2S.ClH/c1-16(2)17-7-9-18(10-8-17)25-15-21(24)22-14-19(20-6-5-13-26-20)23-11-3-4-12-23;/h5-10,13,16,19H,3-4,11-12,14-15H2,1-2H3,(H,22,24);1H. The third kappa shape index (κ3) is 6.23. The Labute approximate surface area is 172 Å². The Morgan fingerprint density at radius 1 is 1.19 bits per heavy atom. The van der Waals surface area contributed by atoms with Gasteiger partial charge in [-0.05, 0) is 61.0 Å². The van der Waals surface area contributed by atoms with Crippen LogP contribution in [0.4, 0.5) is 0 Å². The lowest BCUT2D eigenvalue weighted by atomic mass is 10.0. The first-order chi connectivity index (χ1) is 12.6. The molecule has 0 saturated carbocycles. The fourth-order valence-electron chi connectivity index (χ4n) is 3.30. The Bertz CT molecular complexity index is 683. The molecule has 1 aliphatic heterocycles. The van der Waals surface area contributed by atoms with Gasteiger partial charge in [-0.2, -0.15) is 0 Å². The van der Waals surface area contributed by atoms with Crippen LogP contribution in [0.2, 0.25) is 0 Å². The summed E-state index contributed by atoms with van der Waals surface area (Å²) >= 11 is 1.76. The number of hydrogen-bond donors (Lipinski definition) is 1.